The zero-order valence-corrected chi connectivity index (χ0v) is 29.3. The number of aromatic carboxylic acids is 1. The number of phenols is 1. The maximum Gasteiger partial charge on any atom is 0.338 e. The van der Waals surface area contributed by atoms with Crippen LogP contribution in [0.2, 0.25) is 5.02 Å². The zero-order valence-electron chi connectivity index (χ0n) is 28.5. The van der Waals surface area contributed by atoms with Gasteiger partial charge >= 0.3 is 11.9 Å². The molecule has 2 aliphatic rings. The maximum atomic E-state index is 13.8. The molecule has 1 aliphatic heterocycles. The molecule has 12 heteroatoms. The van der Waals surface area contributed by atoms with Crippen LogP contribution in [0.25, 0.3) is 55.2 Å². The molecule has 0 atom stereocenters. The Morgan fingerprint density at radius 3 is 2.06 bits per heavy atom. The van der Waals surface area contributed by atoms with Gasteiger partial charge in [0.15, 0.2) is 5.43 Å². The summed E-state index contributed by atoms with van der Waals surface area (Å²) in [5.41, 5.74) is 3.97. The first-order valence-corrected chi connectivity index (χ1v) is 17.1. The van der Waals surface area contributed by atoms with Crippen LogP contribution in [0, 0.1) is 0 Å². The number of hydrogen-bond acceptors (Lipinski definition) is 10. The molecule has 11 nitrogen and oxygen atoms in total. The van der Waals surface area contributed by atoms with Crippen LogP contribution in [0.5, 0.6) is 5.75 Å². The van der Waals surface area contributed by atoms with Crippen molar-refractivity contribution in [2.75, 3.05) is 17.7 Å². The Morgan fingerprint density at radius 2 is 1.43 bits per heavy atom. The van der Waals surface area contributed by atoms with E-state index in [1.165, 1.54) is 37.4 Å². The summed E-state index contributed by atoms with van der Waals surface area (Å²) < 4.78 is 11.8. The smallest absolute Gasteiger partial charge is 0.338 e. The number of rotatable bonds is 9. The van der Waals surface area contributed by atoms with Crippen molar-refractivity contribution in [2.45, 2.75) is 13.1 Å². The topological polar surface area (TPSA) is 164 Å². The molecule has 0 unspecified atom stereocenters. The second-order valence-electron chi connectivity index (χ2n) is 12.5. The molecule has 0 bridgehead atoms. The molecule has 4 aromatic carbocycles. The van der Waals surface area contributed by atoms with Crippen molar-refractivity contribution in [1.29, 1.82) is 0 Å². The number of hydrogen-bond donors (Lipinski definition) is 4. The molecule has 6 aromatic rings. The summed E-state index contributed by atoms with van der Waals surface area (Å²) in [4.78, 5) is 48.3. The lowest BCUT2D eigenvalue weighted by Crippen LogP contribution is -2.15. The van der Waals surface area contributed by atoms with Crippen molar-refractivity contribution in [3.8, 4) is 28.2 Å². The van der Waals surface area contributed by atoms with E-state index in [9.17, 15) is 24.6 Å². The number of anilines is 2. The predicted molar refractivity (Wildman–Crippen MR) is 208 cm³/mol. The van der Waals surface area contributed by atoms with Gasteiger partial charge in [0.1, 0.15) is 17.1 Å². The molecule has 3 heterocycles. The van der Waals surface area contributed by atoms with Gasteiger partial charge in [-0.3, -0.25) is 14.8 Å². The van der Waals surface area contributed by atoms with Gasteiger partial charge in [0.25, 0.3) is 0 Å². The molecule has 0 saturated carbocycles. The van der Waals surface area contributed by atoms with Crippen LogP contribution < -0.4 is 16.1 Å². The van der Waals surface area contributed by atoms with Crippen LogP contribution in [0.1, 0.15) is 31.8 Å². The minimum absolute atomic E-state index is 0.00161. The number of phenolic OH excluding ortho intramolecular Hbond substituents is 1. The van der Waals surface area contributed by atoms with Gasteiger partial charge < -0.3 is 30.0 Å². The Hall–Kier alpha value is -6.98. The van der Waals surface area contributed by atoms with E-state index in [0.717, 1.165) is 10.8 Å². The van der Waals surface area contributed by atoms with Crippen LogP contribution >= 0.6 is 11.6 Å². The van der Waals surface area contributed by atoms with Gasteiger partial charge in [-0.2, -0.15) is 0 Å². The van der Waals surface area contributed by atoms with Gasteiger partial charge in [0, 0.05) is 52.8 Å². The molecule has 1 aliphatic carbocycles. The Balaban J connectivity index is 1.39. The highest BCUT2D eigenvalue weighted by Crippen LogP contribution is 2.47. The Morgan fingerprint density at radius 1 is 0.796 bits per heavy atom. The van der Waals surface area contributed by atoms with E-state index < -0.39 is 11.9 Å². The highest BCUT2D eigenvalue weighted by Gasteiger charge is 2.28. The average Bonchev–Trinajstić information content (AvgIpc) is 3.19. The summed E-state index contributed by atoms with van der Waals surface area (Å²) in [5, 5.41) is 30.4. The fourth-order valence-corrected chi connectivity index (χ4v) is 7.03. The summed E-state index contributed by atoms with van der Waals surface area (Å²) in [7, 11) is 1.23. The molecule has 8 rings (SSSR count). The molecule has 0 spiro atoms. The largest absolute Gasteiger partial charge is 0.506 e. The number of carboxylic acids is 1. The first-order chi connectivity index (χ1) is 26.2. The molecular weight excluding hydrogens is 708 g/mol. The lowest BCUT2D eigenvalue weighted by atomic mass is 9.87. The first kappa shape index (κ1) is 34.1. The van der Waals surface area contributed by atoms with E-state index in [4.69, 9.17) is 20.8 Å². The third kappa shape index (κ3) is 5.96. The molecular formula is C42H29ClN4O7. The lowest BCUT2D eigenvalue weighted by molar-refractivity contribution is 0.0599. The number of esters is 1. The molecule has 54 heavy (non-hydrogen) atoms. The predicted octanol–water partition coefficient (Wildman–Crippen LogP) is 8.73. The number of halogens is 1. The summed E-state index contributed by atoms with van der Waals surface area (Å²) >= 11 is 6.73. The van der Waals surface area contributed by atoms with E-state index in [1.54, 1.807) is 18.5 Å². The summed E-state index contributed by atoms with van der Waals surface area (Å²) in [5.74, 6) is -2.06. The highest BCUT2D eigenvalue weighted by molar-refractivity contribution is 6.33. The number of carbonyl (C=O) groups excluding carboxylic acids is 1. The number of carbonyl (C=O) groups is 2. The van der Waals surface area contributed by atoms with Crippen molar-refractivity contribution < 1.29 is 29.0 Å². The number of aromatic hydroxyl groups is 1. The zero-order chi connectivity index (χ0) is 37.5. The van der Waals surface area contributed by atoms with E-state index in [2.05, 4.69) is 20.6 Å². The lowest BCUT2D eigenvalue weighted by Gasteiger charge is -2.22. The van der Waals surface area contributed by atoms with Gasteiger partial charge in [-0.15, -0.1) is 0 Å². The average molecular weight is 737 g/mol. The van der Waals surface area contributed by atoms with E-state index in [1.807, 2.05) is 60.7 Å². The monoisotopic (exact) mass is 736 g/mol. The number of para-hydroxylation sites is 2. The second kappa shape index (κ2) is 13.9. The van der Waals surface area contributed by atoms with E-state index in [0.29, 0.717) is 38.9 Å². The molecule has 0 saturated heterocycles. The Kier molecular flexibility index (Phi) is 8.76. The number of benzene rings is 5. The van der Waals surface area contributed by atoms with Gasteiger partial charge in [0.05, 0.1) is 56.8 Å². The number of pyridine rings is 2. The third-order valence-electron chi connectivity index (χ3n) is 9.38. The van der Waals surface area contributed by atoms with E-state index >= 15 is 0 Å². The van der Waals surface area contributed by atoms with Crippen LogP contribution in [0.15, 0.2) is 119 Å². The normalized spacial score (nSPS) is 11.3. The summed E-state index contributed by atoms with van der Waals surface area (Å²) in [6.07, 6.45) is 3.37. The number of nitrogens with one attached hydrogen (secondary N) is 2. The Labute approximate surface area is 311 Å². The molecule has 4 N–H and O–H groups in total. The molecule has 2 aromatic heterocycles. The van der Waals surface area contributed by atoms with Crippen molar-refractivity contribution in [3.63, 3.8) is 0 Å². The van der Waals surface area contributed by atoms with E-state index in [-0.39, 0.29) is 68.5 Å². The van der Waals surface area contributed by atoms with Crippen molar-refractivity contribution in [2.24, 2.45) is 0 Å². The summed E-state index contributed by atoms with van der Waals surface area (Å²) in [6, 6.07) is 27.4. The number of nitrogens with zero attached hydrogens (tertiary/aromatic N) is 2. The second-order valence-corrected chi connectivity index (χ2v) is 12.9. The number of fused-ring (bicyclic) bond motifs is 4. The third-order valence-corrected chi connectivity index (χ3v) is 9.67. The molecule has 0 radical (unpaired) electrons. The fraction of sp³-hybridized carbons (Fsp3) is 0.0714. The maximum absolute atomic E-state index is 13.8. The number of ether oxygens (including phenoxy) is 1. The van der Waals surface area contributed by atoms with Crippen LogP contribution in [0.3, 0.4) is 0 Å². The quantitative estimate of drug-likeness (QED) is 0.0827. The minimum atomic E-state index is -1.22. The number of aromatic nitrogens is 2. The molecule has 0 amide bonds. The van der Waals surface area contributed by atoms with Crippen LogP contribution in [-0.2, 0) is 17.8 Å². The fourth-order valence-electron chi connectivity index (χ4n) is 6.80. The van der Waals surface area contributed by atoms with Crippen molar-refractivity contribution in [1.82, 2.24) is 9.97 Å². The number of carboxylic acid groups (broad SMARTS) is 1. The Bertz CT molecular complexity index is 2830. The van der Waals surface area contributed by atoms with Crippen LogP contribution in [0.4, 0.5) is 11.4 Å². The van der Waals surface area contributed by atoms with Gasteiger partial charge in [-0.1, -0.05) is 48.0 Å². The van der Waals surface area contributed by atoms with Crippen molar-refractivity contribution in [3.05, 3.63) is 147 Å². The molecule has 0 fully saturated rings. The van der Waals surface area contributed by atoms with Crippen LogP contribution in [-0.4, -0.2) is 39.2 Å². The SMILES string of the molecule is COC(=O)c1ccc(C(=O)O)cc1-c1c2ccc(=O)c(CNc3cccc4cccnc34)c-2oc2c(CNc3cccc4cccnc34)c(O)c(Cl)cc12. The van der Waals surface area contributed by atoms with Gasteiger partial charge in [-0.05, 0) is 66.2 Å². The minimum Gasteiger partial charge on any atom is -0.506 e. The standard InChI is InChI=1S/C42H29ClN4O7/c1-53-42(52)25-13-12-24(41(50)51)18-27(25)35-26-14-15-34(48)29(20-46-32-10-2-6-22-8-4-16-44-36(22)32)39(26)54-40-28(35)19-31(43)38(49)30(40)21-47-33-11-3-7-23-9-5-17-45-37(23)33/h2-19,46-47,49H,20-21H2,1H3,(H,50,51). The first-order valence-electron chi connectivity index (χ1n) is 16.8. The summed E-state index contributed by atoms with van der Waals surface area (Å²) in [6.45, 7) is 0.00648. The van der Waals surface area contributed by atoms with Crippen molar-refractivity contribution >= 4 is 67.7 Å². The highest BCUT2D eigenvalue weighted by atomic mass is 35.5. The number of methoxy groups -OCH3 is 1. The van der Waals surface area contributed by atoms with Gasteiger partial charge in [-0.25, -0.2) is 9.59 Å². The van der Waals surface area contributed by atoms with Gasteiger partial charge in [0.2, 0.25) is 0 Å². The molecule has 266 valence electrons.